The van der Waals surface area contributed by atoms with Crippen molar-refractivity contribution in [1.82, 2.24) is 14.5 Å². The van der Waals surface area contributed by atoms with E-state index < -0.39 is 11.6 Å². The van der Waals surface area contributed by atoms with Crippen molar-refractivity contribution in [2.45, 2.75) is 12.5 Å². The maximum Gasteiger partial charge on any atom is 0.254 e. The van der Waals surface area contributed by atoms with E-state index in [4.69, 9.17) is 34.8 Å². The van der Waals surface area contributed by atoms with E-state index in [1.54, 1.807) is 24.4 Å². The zero-order chi connectivity index (χ0) is 28.2. The van der Waals surface area contributed by atoms with E-state index in [0.717, 1.165) is 16.5 Å². The number of nitrogens with zero attached hydrogens (tertiary/aromatic N) is 3. The summed E-state index contributed by atoms with van der Waals surface area (Å²) >= 11 is 12.0. The highest BCUT2D eigenvalue weighted by Crippen LogP contribution is 2.31. The van der Waals surface area contributed by atoms with Crippen LogP contribution < -0.4 is 27.5 Å². The van der Waals surface area contributed by atoms with E-state index >= 15 is 0 Å². The van der Waals surface area contributed by atoms with Crippen LogP contribution in [0.15, 0.2) is 108 Å². The normalized spacial score (nSPS) is 12.3. The van der Waals surface area contributed by atoms with Crippen molar-refractivity contribution in [3.8, 4) is 11.3 Å². The minimum Gasteiger partial charge on any atom is -0.388 e. The Kier molecular flexibility index (Phi) is 7.88. The largest absolute Gasteiger partial charge is 0.388 e. The molecule has 0 radical (unpaired) electrons. The monoisotopic (exact) mass is 573 g/mol. The summed E-state index contributed by atoms with van der Waals surface area (Å²) in [5.41, 5.74) is 8.82. The lowest BCUT2D eigenvalue weighted by Gasteiger charge is -2.21. The Morgan fingerprint density at radius 1 is 1.10 bits per heavy atom. The van der Waals surface area contributed by atoms with E-state index in [2.05, 4.69) is 15.3 Å². The van der Waals surface area contributed by atoms with Crippen molar-refractivity contribution in [3.05, 3.63) is 124 Å². The first-order chi connectivity index (χ1) is 19.3. The number of anilines is 2. The summed E-state index contributed by atoms with van der Waals surface area (Å²) in [5.74, 6) is 5.76. The van der Waals surface area contributed by atoms with Crippen LogP contribution in [0.5, 0.6) is 0 Å². The van der Waals surface area contributed by atoms with Gasteiger partial charge in [-0.2, -0.15) is 0 Å². The molecule has 0 bridgehead atoms. The second-order valence-electron chi connectivity index (χ2n) is 9.04. The number of rotatable bonds is 8. The van der Waals surface area contributed by atoms with Gasteiger partial charge in [0.25, 0.3) is 5.56 Å². The van der Waals surface area contributed by atoms with Gasteiger partial charge < -0.3 is 16.0 Å². The number of amides is 1. The zero-order valence-electron chi connectivity index (χ0n) is 21.1. The van der Waals surface area contributed by atoms with Crippen molar-refractivity contribution in [2.75, 3.05) is 10.3 Å². The van der Waals surface area contributed by atoms with Crippen LogP contribution in [-0.4, -0.2) is 20.4 Å². The molecule has 6 N–H and O–H groups in total. The molecule has 5 aromatic rings. The standard InChI is InChI=1S/C29H25Cl2N7O2/c30-19-9-10-25(38(33)16-27(31)32)21(14-19)24-15-28(39)37(17-35-24)26(13-18-5-2-1-3-6-18)29(40)36-23-8-4-7-22-20(23)11-12-34-22/h1-12,14-17,26,34H,13,32-33H2,(H,36,40)/b27-16-. The Hall–Kier alpha value is -4.57. The van der Waals surface area contributed by atoms with Crippen molar-refractivity contribution in [2.24, 2.45) is 11.6 Å². The molecule has 1 amide bonds. The molecule has 1 atom stereocenters. The van der Waals surface area contributed by atoms with Crippen LogP contribution in [0.4, 0.5) is 11.4 Å². The smallest absolute Gasteiger partial charge is 0.254 e. The first kappa shape index (κ1) is 27.0. The third-order valence-electron chi connectivity index (χ3n) is 6.37. The second-order valence-corrected chi connectivity index (χ2v) is 9.91. The van der Waals surface area contributed by atoms with Crippen LogP contribution in [0, 0.1) is 0 Å². The number of benzene rings is 3. The molecule has 0 saturated carbocycles. The van der Waals surface area contributed by atoms with Crippen molar-refractivity contribution < 1.29 is 4.79 Å². The lowest BCUT2D eigenvalue weighted by molar-refractivity contribution is -0.119. The number of carbonyl (C=O) groups excluding carboxylic acids is 1. The number of hydrogen-bond donors (Lipinski definition) is 4. The molecule has 0 fully saturated rings. The molecule has 2 heterocycles. The molecule has 202 valence electrons. The Morgan fingerprint density at radius 3 is 2.65 bits per heavy atom. The predicted molar refractivity (Wildman–Crippen MR) is 160 cm³/mol. The van der Waals surface area contributed by atoms with E-state index in [1.165, 1.54) is 28.2 Å². The number of hydrogen-bond acceptors (Lipinski definition) is 6. The summed E-state index contributed by atoms with van der Waals surface area (Å²) in [7, 11) is 0. The highest BCUT2D eigenvalue weighted by atomic mass is 35.5. The summed E-state index contributed by atoms with van der Waals surface area (Å²) in [5, 5.41) is 5.46. The molecule has 0 aliphatic rings. The van der Waals surface area contributed by atoms with Crippen LogP contribution >= 0.6 is 23.2 Å². The minimum absolute atomic E-state index is 0.0307. The molecule has 2 aromatic heterocycles. The average Bonchev–Trinajstić information content (AvgIpc) is 3.42. The molecule has 1 unspecified atom stereocenters. The topological polar surface area (TPSA) is 135 Å². The van der Waals surface area contributed by atoms with Gasteiger partial charge in [0.05, 0.1) is 29.6 Å². The minimum atomic E-state index is -0.880. The van der Waals surface area contributed by atoms with E-state index in [-0.39, 0.29) is 17.5 Å². The number of H-pyrrole nitrogens is 1. The first-order valence-corrected chi connectivity index (χ1v) is 13.0. The lowest BCUT2D eigenvalue weighted by atomic mass is 10.0. The number of halogens is 2. The third kappa shape index (κ3) is 5.86. The van der Waals surface area contributed by atoms with Gasteiger partial charge in [-0.15, -0.1) is 0 Å². The molecule has 0 saturated heterocycles. The molecule has 5 rings (SSSR count). The molecule has 9 nitrogen and oxygen atoms in total. The van der Waals surface area contributed by atoms with E-state index in [1.807, 2.05) is 54.6 Å². The van der Waals surface area contributed by atoms with Gasteiger partial charge in [0.2, 0.25) is 5.91 Å². The summed E-state index contributed by atoms with van der Waals surface area (Å²) in [6.45, 7) is 0. The van der Waals surface area contributed by atoms with E-state index in [9.17, 15) is 9.59 Å². The van der Waals surface area contributed by atoms with Gasteiger partial charge >= 0.3 is 0 Å². The van der Waals surface area contributed by atoms with Crippen LogP contribution in [0.3, 0.4) is 0 Å². The summed E-state index contributed by atoms with van der Waals surface area (Å²) in [6.07, 6.45) is 4.76. The predicted octanol–water partition coefficient (Wildman–Crippen LogP) is 5.14. The Labute approximate surface area is 239 Å². The maximum atomic E-state index is 13.7. The molecular formula is C29H25Cl2N7O2. The molecule has 0 spiro atoms. The Morgan fingerprint density at radius 2 is 1.90 bits per heavy atom. The number of hydrazine groups is 1. The summed E-state index contributed by atoms with van der Waals surface area (Å²) < 4.78 is 1.32. The number of nitrogens with one attached hydrogen (secondary N) is 2. The van der Waals surface area contributed by atoms with Crippen LogP contribution in [0.2, 0.25) is 5.02 Å². The Bertz CT molecular complexity index is 1760. The molecule has 0 aliphatic heterocycles. The quantitative estimate of drug-likeness (QED) is 0.115. The number of carbonyl (C=O) groups is 1. The SMILES string of the molecule is N/C(Cl)=C\N(N)c1ccc(Cl)cc1-c1cc(=O)n(C(Cc2ccccc2)C(=O)Nc2cccc3[nH]ccc23)cn1. The number of nitrogens with two attached hydrogens (primary N) is 2. The molecule has 0 aliphatic carbocycles. The van der Waals surface area contributed by atoms with Gasteiger partial charge in [0, 0.05) is 40.2 Å². The zero-order valence-corrected chi connectivity index (χ0v) is 22.6. The first-order valence-electron chi connectivity index (χ1n) is 12.3. The number of aromatic amines is 1. The van der Waals surface area contributed by atoms with Gasteiger partial charge in [0.1, 0.15) is 11.2 Å². The lowest BCUT2D eigenvalue weighted by Crippen LogP contribution is -2.34. The molecule has 11 heteroatoms. The fourth-order valence-corrected chi connectivity index (χ4v) is 4.77. The van der Waals surface area contributed by atoms with Crippen LogP contribution in [-0.2, 0) is 11.2 Å². The van der Waals surface area contributed by atoms with Gasteiger partial charge in [-0.25, -0.2) is 10.8 Å². The van der Waals surface area contributed by atoms with Gasteiger partial charge in [-0.05, 0) is 42.0 Å². The van der Waals surface area contributed by atoms with Crippen LogP contribution in [0.1, 0.15) is 11.6 Å². The fraction of sp³-hybridized carbons (Fsp3) is 0.0690. The molecule has 40 heavy (non-hydrogen) atoms. The fourth-order valence-electron chi connectivity index (χ4n) is 4.50. The van der Waals surface area contributed by atoms with E-state index in [0.29, 0.717) is 27.7 Å². The molecule has 3 aromatic carbocycles. The average molecular weight is 574 g/mol. The number of fused-ring (bicyclic) bond motifs is 1. The van der Waals surface area contributed by atoms with Crippen molar-refractivity contribution >= 4 is 51.4 Å². The van der Waals surface area contributed by atoms with Gasteiger partial charge in [0.15, 0.2) is 0 Å². The third-order valence-corrected chi connectivity index (χ3v) is 6.71. The van der Waals surface area contributed by atoms with Crippen LogP contribution in [0.25, 0.3) is 22.2 Å². The highest BCUT2D eigenvalue weighted by molar-refractivity contribution is 6.31. The summed E-state index contributed by atoms with van der Waals surface area (Å²) in [4.78, 5) is 34.9. The van der Waals surface area contributed by atoms with Crippen molar-refractivity contribution in [3.63, 3.8) is 0 Å². The molecular weight excluding hydrogens is 549 g/mol. The summed E-state index contributed by atoms with van der Waals surface area (Å²) in [6, 6.07) is 22.3. The highest BCUT2D eigenvalue weighted by Gasteiger charge is 2.24. The Balaban J connectivity index is 1.54. The van der Waals surface area contributed by atoms with Gasteiger partial charge in [-0.1, -0.05) is 59.6 Å². The maximum absolute atomic E-state index is 13.7. The number of aromatic nitrogens is 3. The van der Waals surface area contributed by atoms with Crippen molar-refractivity contribution in [1.29, 1.82) is 0 Å². The second kappa shape index (κ2) is 11.7. The van der Waals surface area contributed by atoms with Gasteiger partial charge in [-0.3, -0.25) is 19.2 Å².